The van der Waals surface area contributed by atoms with Crippen molar-refractivity contribution in [3.05, 3.63) is 35.4 Å². The number of hydrogen-bond donors (Lipinski definition) is 0. The molecule has 0 atom stereocenters. The van der Waals surface area contributed by atoms with Crippen molar-refractivity contribution in [3.8, 4) is 0 Å². The molecule has 0 unspecified atom stereocenters. The maximum atomic E-state index is 12.0. The maximum Gasteiger partial charge on any atom is 0.373 e. The van der Waals surface area contributed by atoms with Crippen molar-refractivity contribution in [1.29, 1.82) is 0 Å². The standard InChI is InChI=1S/C19H28O3/c1-2-3-4-6-9-16-12-14-17(15-13-16)19(20)22-21-18-10-7-5-8-11-18/h12-15,18H,2-11H2,1H3. The first-order chi connectivity index (χ1) is 10.8. The number of benzene rings is 1. The first-order valence-corrected chi connectivity index (χ1v) is 8.76. The van der Waals surface area contributed by atoms with Crippen LogP contribution in [0.4, 0.5) is 0 Å². The minimum Gasteiger partial charge on any atom is -0.293 e. The summed E-state index contributed by atoms with van der Waals surface area (Å²) in [4.78, 5) is 22.2. The van der Waals surface area contributed by atoms with Gasteiger partial charge >= 0.3 is 5.97 Å². The lowest BCUT2D eigenvalue weighted by atomic mass is 9.98. The van der Waals surface area contributed by atoms with E-state index in [1.165, 1.54) is 37.7 Å². The van der Waals surface area contributed by atoms with Crippen LogP contribution in [0.15, 0.2) is 24.3 Å². The van der Waals surface area contributed by atoms with Gasteiger partial charge in [0.15, 0.2) is 0 Å². The smallest absolute Gasteiger partial charge is 0.293 e. The number of unbranched alkanes of at least 4 members (excludes halogenated alkanes) is 3. The van der Waals surface area contributed by atoms with Crippen molar-refractivity contribution < 1.29 is 14.6 Å². The molecule has 1 aromatic rings. The van der Waals surface area contributed by atoms with E-state index in [1.54, 1.807) is 0 Å². The van der Waals surface area contributed by atoms with Crippen LogP contribution in [0.2, 0.25) is 0 Å². The lowest BCUT2D eigenvalue weighted by molar-refractivity contribution is -0.279. The third-order valence-corrected chi connectivity index (χ3v) is 4.32. The van der Waals surface area contributed by atoms with Gasteiger partial charge in [0.05, 0.1) is 5.56 Å². The summed E-state index contributed by atoms with van der Waals surface area (Å²) in [5.74, 6) is -0.386. The van der Waals surface area contributed by atoms with Gasteiger partial charge in [0, 0.05) is 0 Å². The van der Waals surface area contributed by atoms with Crippen LogP contribution in [-0.2, 0) is 16.2 Å². The van der Waals surface area contributed by atoms with E-state index in [2.05, 4.69) is 6.92 Å². The fraction of sp³-hybridized carbons (Fsp3) is 0.632. The zero-order valence-electron chi connectivity index (χ0n) is 13.7. The van der Waals surface area contributed by atoms with Gasteiger partial charge in [-0.05, 0) is 43.4 Å². The van der Waals surface area contributed by atoms with E-state index in [0.29, 0.717) is 5.56 Å². The molecule has 1 fully saturated rings. The van der Waals surface area contributed by atoms with Gasteiger partial charge in [-0.3, -0.25) is 4.89 Å². The van der Waals surface area contributed by atoms with E-state index >= 15 is 0 Å². The normalized spacial score (nSPS) is 15.7. The fourth-order valence-corrected chi connectivity index (χ4v) is 2.88. The molecule has 3 nitrogen and oxygen atoms in total. The molecule has 0 bridgehead atoms. The second-order valence-electron chi connectivity index (χ2n) is 6.23. The zero-order chi connectivity index (χ0) is 15.6. The molecule has 1 saturated carbocycles. The van der Waals surface area contributed by atoms with E-state index in [0.717, 1.165) is 32.1 Å². The van der Waals surface area contributed by atoms with Crippen molar-refractivity contribution in [3.63, 3.8) is 0 Å². The van der Waals surface area contributed by atoms with Crippen molar-refractivity contribution in [1.82, 2.24) is 0 Å². The van der Waals surface area contributed by atoms with Crippen molar-refractivity contribution >= 4 is 5.97 Å². The molecule has 122 valence electrons. The van der Waals surface area contributed by atoms with E-state index in [1.807, 2.05) is 24.3 Å². The molecule has 3 heteroatoms. The summed E-state index contributed by atoms with van der Waals surface area (Å²) in [7, 11) is 0. The predicted molar refractivity (Wildman–Crippen MR) is 87.7 cm³/mol. The highest BCUT2D eigenvalue weighted by Gasteiger charge is 2.17. The number of hydrogen-bond acceptors (Lipinski definition) is 3. The van der Waals surface area contributed by atoms with Crippen molar-refractivity contribution in [2.45, 2.75) is 77.2 Å². The van der Waals surface area contributed by atoms with Crippen LogP contribution in [0.3, 0.4) is 0 Å². The molecule has 0 spiro atoms. The molecule has 22 heavy (non-hydrogen) atoms. The summed E-state index contributed by atoms with van der Waals surface area (Å²) in [5.41, 5.74) is 1.84. The molecule has 0 aromatic heterocycles. The summed E-state index contributed by atoms with van der Waals surface area (Å²) >= 11 is 0. The summed E-state index contributed by atoms with van der Waals surface area (Å²) < 4.78 is 0. The van der Waals surface area contributed by atoms with E-state index < -0.39 is 0 Å². The van der Waals surface area contributed by atoms with Crippen LogP contribution in [0.25, 0.3) is 0 Å². The number of carbonyl (C=O) groups excluding carboxylic acids is 1. The van der Waals surface area contributed by atoms with Gasteiger partial charge in [-0.15, -0.1) is 0 Å². The molecular weight excluding hydrogens is 276 g/mol. The first kappa shape index (κ1) is 17.0. The van der Waals surface area contributed by atoms with E-state index in [9.17, 15) is 4.79 Å². The Bertz CT molecular complexity index is 432. The topological polar surface area (TPSA) is 35.5 Å². The Hall–Kier alpha value is -1.35. The quantitative estimate of drug-likeness (QED) is 0.375. The van der Waals surface area contributed by atoms with Crippen LogP contribution in [0, 0.1) is 0 Å². The highest BCUT2D eigenvalue weighted by molar-refractivity contribution is 5.88. The van der Waals surface area contributed by atoms with Crippen LogP contribution >= 0.6 is 0 Å². The highest BCUT2D eigenvalue weighted by atomic mass is 17.2. The average Bonchev–Trinajstić information content (AvgIpc) is 2.58. The second-order valence-corrected chi connectivity index (χ2v) is 6.23. The molecule has 0 aliphatic heterocycles. The van der Waals surface area contributed by atoms with Crippen LogP contribution in [0.5, 0.6) is 0 Å². The minimum atomic E-state index is -0.386. The average molecular weight is 304 g/mol. The largest absolute Gasteiger partial charge is 0.373 e. The molecule has 0 radical (unpaired) electrons. The zero-order valence-corrected chi connectivity index (χ0v) is 13.7. The molecule has 0 saturated heterocycles. The third kappa shape index (κ3) is 5.80. The Morgan fingerprint density at radius 1 is 1.05 bits per heavy atom. The molecule has 0 amide bonds. The maximum absolute atomic E-state index is 12.0. The van der Waals surface area contributed by atoms with Gasteiger partial charge in [0.25, 0.3) is 0 Å². The predicted octanol–water partition coefficient (Wildman–Crippen LogP) is 5.23. The third-order valence-electron chi connectivity index (χ3n) is 4.32. The lowest BCUT2D eigenvalue weighted by Crippen LogP contribution is -2.19. The van der Waals surface area contributed by atoms with Gasteiger partial charge in [-0.25, -0.2) is 4.79 Å². The molecule has 1 aromatic carbocycles. The molecule has 0 N–H and O–H groups in total. The molecule has 1 aliphatic rings. The fourth-order valence-electron chi connectivity index (χ4n) is 2.88. The number of aryl methyl sites for hydroxylation is 1. The monoisotopic (exact) mass is 304 g/mol. The van der Waals surface area contributed by atoms with Gasteiger partial charge < -0.3 is 0 Å². The van der Waals surface area contributed by atoms with Gasteiger partial charge in [-0.1, -0.05) is 57.6 Å². The van der Waals surface area contributed by atoms with Crippen LogP contribution in [-0.4, -0.2) is 12.1 Å². The summed E-state index contributed by atoms with van der Waals surface area (Å²) in [6.45, 7) is 2.22. The van der Waals surface area contributed by atoms with Crippen LogP contribution < -0.4 is 0 Å². The summed E-state index contributed by atoms with van der Waals surface area (Å²) in [6.07, 6.45) is 11.8. The van der Waals surface area contributed by atoms with Crippen molar-refractivity contribution in [2.75, 3.05) is 0 Å². The summed E-state index contributed by atoms with van der Waals surface area (Å²) in [5, 5.41) is 0. The Kier molecular flexibility index (Phi) is 7.44. The SMILES string of the molecule is CCCCCCc1ccc(C(=O)OOC2CCCCC2)cc1. The Labute approximate surface area is 133 Å². The number of carbonyl (C=O) groups is 1. The second kappa shape index (κ2) is 9.62. The van der Waals surface area contributed by atoms with Gasteiger partial charge in [0.1, 0.15) is 6.10 Å². The Morgan fingerprint density at radius 2 is 1.77 bits per heavy atom. The molecular formula is C19H28O3. The van der Waals surface area contributed by atoms with Crippen molar-refractivity contribution in [2.24, 2.45) is 0 Å². The van der Waals surface area contributed by atoms with E-state index in [-0.39, 0.29) is 12.1 Å². The highest BCUT2D eigenvalue weighted by Crippen LogP contribution is 2.21. The van der Waals surface area contributed by atoms with Gasteiger partial charge in [-0.2, -0.15) is 4.89 Å². The molecule has 0 heterocycles. The number of rotatable bonds is 8. The molecule has 2 rings (SSSR count). The lowest BCUT2D eigenvalue weighted by Gasteiger charge is -2.19. The van der Waals surface area contributed by atoms with E-state index in [4.69, 9.17) is 9.78 Å². The Morgan fingerprint density at radius 3 is 2.45 bits per heavy atom. The summed E-state index contributed by atoms with van der Waals surface area (Å²) in [6, 6.07) is 7.70. The first-order valence-electron chi connectivity index (χ1n) is 8.76. The minimum absolute atomic E-state index is 0.0792. The van der Waals surface area contributed by atoms with Gasteiger partial charge in [0.2, 0.25) is 0 Å². The molecule has 1 aliphatic carbocycles. The Balaban J connectivity index is 1.73. The van der Waals surface area contributed by atoms with Crippen LogP contribution in [0.1, 0.15) is 80.6 Å².